The van der Waals surface area contributed by atoms with E-state index in [1.54, 1.807) is 0 Å². The van der Waals surface area contributed by atoms with Gasteiger partial charge in [-0.25, -0.2) is 0 Å². The van der Waals surface area contributed by atoms with Crippen LogP contribution in [-0.2, 0) is 0 Å². The van der Waals surface area contributed by atoms with Gasteiger partial charge in [0.1, 0.15) is 0 Å². The number of hydrogen-bond donors (Lipinski definition) is 3. The Bertz CT molecular complexity index is 217. The van der Waals surface area contributed by atoms with Gasteiger partial charge in [0.15, 0.2) is 0 Å². The number of nitrogens with two attached hydrogens (primary N) is 2. The maximum Gasteiger partial charge on any atom is 0.0745 e. The zero-order valence-electron chi connectivity index (χ0n) is 5.89. The molecule has 0 radical (unpaired) electrons. The first kappa shape index (κ1) is 6.89. The number of anilines is 2. The second-order valence-corrected chi connectivity index (χ2v) is 2.18. The molecular formula is C7H13N3. The highest BCUT2D eigenvalue weighted by molar-refractivity contribution is 5.69. The lowest BCUT2D eigenvalue weighted by molar-refractivity contribution is 1.31. The minimum absolute atomic E-state index is 0. The van der Waals surface area contributed by atoms with Crippen molar-refractivity contribution in [2.24, 2.45) is 5.84 Å². The minimum Gasteiger partial charge on any atom is -0.397 e. The molecule has 3 nitrogen and oxygen atoms in total. The molecule has 0 aliphatic heterocycles. The molecule has 0 saturated carbocycles. The molecule has 0 bridgehead atoms. The lowest BCUT2D eigenvalue weighted by atomic mass is 10.2. The summed E-state index contributed by atoms with van der Waals surface area (Å²) in [6.45, 7) is 1.95. The monoisotopic (exact) mass is 139 g/mol. The van der Waals surface area contributed by atoms with Crippen LogP contribution in [0.4, 0.5) is 11.4 Å². The summed E-state index contributed by atoms with van der Waals surface area (Å²) in [6.07, 6.45) is 0. The number of benzene rings is 1. The summed E-state index contributed by atoms with van der Waals surface area (Å²) >= 11 is 0. The van der Waals surface area contributed by atoms with Gasteiger partial charge in [-0.3, -0.25) is 5.84 Å². The zero-order valence-corrected chi connectivity index (χ0v) is 5.89. The predicted octanol–water partition coefficient (Wildman–Crippen LogP) is 1.11. The van der Waals surface area contributed by atoms with Crippen molar-refractivity contribution in [3.8, 4) is 0 Å². The minimum atomic E-state index is 0. The normalized spacial score (nSPS) is 9.40. The van der Waals surface area contributed by atoms with E-state index in [1.165, 1.54) is 0 Å². The third-order valence-electron chi connectivity index (χ3n) is 1.45. The Labute approximate surface area is 61.5 Å². The van der Waals surface area contributed by atoms with Gasteiger partial charge in [-0.05, 0) is 18.6 Å². The standard InChI is InChI=1S/C7H11N3.H2/c1-5-3-2-4-6(8)7(5)10-9;/h2-4,10H,8-9H2,1H3;1H. The fraction of sp³-hybridized carbons (Fsp3) is 0.143. The van der Waals surface area contributed by atoms with Crippen LogP contribution in [0.3, 0.4) is 0 Å². The SMILES string of the molecule is Cc1cccc(N)c1NN.[HH]. The van der Waals surface area contributed by atoms with Crippen LogP contribution in [0, 0.1) is 6.92 Å². The fourth-order valence-corrected chi connectivity index (χ4v) is 0.888. The van der Waals surface area contributed by atoms with E-state index >= 15 is 0 Å². The quantitative estimate of drug-likeness (QED) is 0.310. The van der Waals surface area contributed by atoms with Crippen LogP contribution in [0.5, 0.6) is 0 Å². The van der Waals surface area contributed by atoms with E-state index in [-0.39, 0.29) is 1.43 Å². The number of rotatable bonds is 1. The second kappa shape index (κ2) is 2.58. The molecule has 1 aromatic carbocycles. The summed E-state index contributed by atoms with van der Waals surface area (Å²) in [6, 6.07) is 5.65. The molecule has 0 heterocycles. The van der Waals surface area contributed by atoms with Gasteiger partial charge < -0.3 is 11.2 Å². The van der Waals surface area contributed by atoms with Crippen molar-refractivity contribution in [3.05, 3.63) is 23.8 Å². The van der Waals surface area contributed by atoms with Crippen molar-refractivity contribution >= 4 is 11.4 Å². The fourth-order valence-electron chi connectivity index (χ4n) is 0.888. The molecule has 0 aliphatic rings. The first-order chi connectivity index (χ1) is 4.75. The first-order valence-corrected chi connectivity index (χ1v) is 3.07. The highest BCUT2D eigenvalue weighted by Gasteiger charge is 1.97. The van der Waals surface area contributed by atoms with Crippen LogP contribution in [-0.4, -0.2) is 0 Å². The third-order valence-corrected chi connectivity index (χ3v) is 1.45. The smallest absolute Gasteiger partial charge is 0.0745 e. The number of aryl methyl sites for hydroxylation is 1. The molecule has 0 unspecified atom stereocenters. The van der Waals surface area contributed by atoms with E-state index in [4.69, 9.17) is 11.6 Å². The summed E-state index contributed by atoms with van der Waals surface area (Å²) in [4.78, 5) is 0. The Hall–Kier alpha value is -1.22. The molecular weight excluding hydrogens is 126 g/mol. The van der Waals surface area contributed by atoms with Gasteiger partial charge in [-0.2, -0.15) is 0 Å². The molecule has 0 atom stereocenters. The summed E-state index contributed by atoms with van der Waals surface area (Å²) in [5.41, 5.74) is 10.7. The predicted molar refractivity (Wildman–Crippen MR) is 45.5 cm³/mol. The van der Waals surface area contributed by atoms with Gasteiger partial charge in [0.05, 0.1) is 11.4 Å². The second-order valence-electron chi connectivity index (χ2n) is 2.18. The van der Waals surface area contributed by atoms with Crippen LogP contribution >= 0.6 is 0 Å². The molecule has 3 heteroatoms. The van der Waals surface area contributed by atoms with E-state index in [2.05, 4.69) is 5.43 Å². The third kappa shape index (κ3) is 1.04. The van der Waals surface area contributed by atoms with Crippen molar-refractivity contribution in [2.45, 2.75) is 6.92 Å². The molecule has 0 saturated heterocycles. The molecule has 1 aromatic rings. The highest BCUT2D eigenvalue weighted by Crippen LogP contribution is 2.20. The molecule has 0 spiro atoms. The van der Waals surface area contributed by atoms with Crippen LogP contribution < -0.4 is 17.0 Å². The Morgan fingerprint density at radius 1 is 1.50 bits per heavy atom. The van der Waals surface area contributed by atoms with Crippen LogP contribution in [0.2, 0.25) is 0 Å². The summed E-state index contributed by atoms with van der Waals surface area (Å²) in [5.74, 6) is 5.22. The van der Waals surface area contributed by atoms with E-state index in [0.717, 1.165) is 11.3 Å². The first-order valence-electron chi connectivity index (χ1n) is 3.07. The number of hydrogen-bond acceptors (Lipinski definition) is 3. The molecule has 5 N–H and O–H groups in total. The number of nitrogen functional groups attached to an aromatic ring is 2. The van der Waals surface area contributed by atoms with Gasteiger partial charge in [-0.1, -0.05) is 12.1 Å². The van der Waals surface area contributed by atoms with Crippen molar-refractivity contribution < 1.29 is 1.43 Å². The molecule has 10 heavy (non-hydrogen) atoms. The van der Waals surface area contributed by atoms with Gasteiger partial charge in [0.25, 0.3) is 0 Å². The van der Waals surface area contributed by atoms with E-state index < -0.39 is 0 Å². The average molecular weight is 139 g/mol. The van der Waals surface area contributed by atoms with Crippen LogP contribution in [0.15, 0.2) is 18.2 Å². The van der Waals surface area contributed by atoms with Crippen molar-refractivity contribution in [1.82, 2.24) is 0 Å². The number of hydrazine groups is 1. The Morgan fingerprint density at radius 2 is 2.20 bits per heavy atom. The molecule has 1 rings (SSSR count). The van der Waals surface area contributed by atoms with Crippen LogP contribution in [0.25, 0.3) is 0 Å². The Balaban J connectivity index is 0.000001000. The topological polar surface area (TPSA) is 64.1 Å². The molecule has 0 aromatic heterocycles. The van der Waals surface area contributed by atoms with E-state index in [1.807, 2.05) is 25.1 Å². The van der Waals surface area contributed by atoms with Gasteiger partial charge >= 0.3 is 0 Å². The summed E-state index contributed by atoms with van der Waals surface area (Å²) < 4.78 is 0. The Kier molecular flexibility index (Phi) is 1.78. The Morgan fingerprint density at radius 3 is 2.60 bits per heavy atom. The molecule has 0 amide bonds. The van der Waals surface area contributed by atoms with Crippen molar-refractivity contribution in [1.29, 1.82) is 0 Å². The summed E-state index contributed by atoms with van der Waals surface area (Å²) in [5, 5.41) is 0. The number of nitrogens with one attached hydrogen (secondary N) is 1. The van der Waals surface area contributed by atoms with Crippen molar-refractivity contribution in [2.75, 3.05) is 11.2 Å². The van der Waals surface area contributed by atoms with Gasteiger partial charge in [-0.15, -0.1) is 0 Å². The van der Waals surface area contributed by atoms with E-state index in [0.29, 0.717) is 5.69 Å². The molecule has 0 aliphatic carbocycles. The maximum absolute atomic E-state index is 5.59. The highest BCUT2D eigenvalue weighted by atomic mass is 15.2. The van der Waals surface area contributed by atoms with Crippen LogP contribution in [0.1, 0.15) is 6.99 Å². The van der Waals surface area contributed by atoms with E-state index in [9.17, 15) is 0 Å². The van der Waals surface area contributed by atoms with Crippen molar-refractivity contribution in [3.63, 3.8) is 0 Å². The number of para-hydroxylation sites is 1. The average Bonchev–Trinajstić information content (AvgIpc) is 1.88. The van der Waals surface area contributed by atoms with Gasteiger partial charge in [0.2, 0.25) is 0 Å². The largest absolute Gasteiger partial charge is 0.397 e. The maximum atomic E-state index is 5.59. The van der Waals surface area contributed by atoms with Gasteiger partial charge in [0, 0.05) is 1.43 Å². The lowest BCUT2D eigenvalue weighted by Crippen LogP contribution is -2.10. The molecule has 56 valence electrons. The summed E-state index contributed by atoms with van der Waals surface area (Å²) in [7, 11) is 0. The zero-order chi connectivity index (χ0) is 7.56. The lowest BCUT2D eigenvalue weighted by Gasteiger charge is -2.06. The molecule has 0 fully saturated rings.